The highest BCUT2D eigenvalue weighted by Crippen LogP contribution is 2.16. The van der Waals surface area contributed by atoms with Crippen molar-refractivity contribution in [3.8, 4) is 0 Å². The molecule has 0 bridgehead atoms. The van der Waals surface area contributed by atoms with E-state index in [1.54, 1.807) is 0 Å². The van der Waals surface area contributed by atoms with Crippen LogP contribution in [0.2, 0.25) is 0 Å². The number of carbonyl (C=O) groups excluding carboxylic acids is 1. The molecule has 0 saturated carbocycles. The van der Waals surface area contributed by atoms with Gasteiger partial charge in [-0.3, -0.25) is 9.69 Å². The molecule has 2 N–H and O–H groups in total. The number of likely N-dealkylation sites (N-methyl/N-ethyl adjacent to an activating group) is 1. The Bertz CT molecular complexity index is 284. The Morgan fingerprint density at radius 2 is 1.95 bits per heavy atom. The van der Waals surface area contributed by atoms with Crippen LogP contribution in [0.25, 0.3) is 0 Å². The summed E-state index contributed by atoms with van der Waals surface area (Å²) in [5, 5.41) is 6.50. The third kappa shape index (κ3) is 6.76. The van der Waals surface area contributed by atoms with Crippen LogP contribution in [-0.4, -0.2) is 75.1 Å². The molecule has 1 fully saturated rings. The van der Waals surface area contributed by atoms with Gasteiger partial charge in [0, 0.05) is 25.7 Å². The van der Waals surface area contributed by atoms with Crippen molar-refractivity contribution in [3.05, 3.63) is 0 Å². The van der Waals surface area contributed by atoms with E-state index in [1.165, 1.54) is 0 Å². The van der Waals surface area contributed by atoms with Gasteiger partial charge in [0.2, 0.25) is 5.91 Å². The van der Waals surface area contributed by atoms with E-state index in [0.29, 0.717) is 18.5 Å². The van der Waals surface area contributed by atoms with Gasteiger partial charge in [0.05, 0.1) is 6.54 Å². The normalized spacial score (nSPS) is 18.8. The summed E-state index contributed by atoms with van der Waals surface area (Å²) < 4.78 is 0. The molecule has 0 aromatic heterocycles. The summed E-state index contributed by atoms with van der Waals surface area (Å²) in [6, 6.07) is 0.426. The molecule has 1 aliphatic heterocycles. The standard InChI is InChI=1S/C16H34N4O/c1-5-14(6-2)15(19(3)4)12-18-16(21)13-20-10-7-8-17-9-11-20/h14-15,17H,5-13H2,1-4H3,(H,18,21). The van der Waals surface area contributed by atoms with Crippen LogP contribution < -0.4 is 10.6 Å². The Hall–Kier alpha value is -0.650. The molecule has 1 atom stereocenters. The summed E-state index contributed by atoms with van der Waals surface area (Å²) in [4.78, 5) is 16.6. The lowest BCUT2D eigenvalue weighted by molar-refractivity contribution is -0.122. The van der Waals surface area contributed by atoms with Crippen LogP contribution in [0.4, 0.5) is 0 Å². The molecule has 0 aromatic rings. The minimum Gasteiger partial charge on any atom is -0.353 e. The monoisotopic (exact) mass is 298 g/mol. The van der Waals surface area contributed by atoms with E-state index in [2.05, 4.69) is 48.4 Å². The Balaban J connectivity index is 2.38. The highest BCUT2D eigenvalue weighted by atomic mass is 16.2. The molecular weight excluding hydrogens is 264 g/mol. The number of hydrogen-bond acceptors (Lipinski definition) is 4. The highest BCUT2D eigenvalue weighted by molar-refractivity contribution is 5.78. The minimum atomic E-state index is 0.162. The molecule has 1 heterocycles. The molecule has 21 heavy (non-hydrogen) atoms. The lowest BCUT2D eigenvalue weighted by Crippen LogP contribution is -2.47. The Labute approximate surface area is 130 Å². The maximum absolute atomic E-state index is 12.2. The van der Waals surface area contributed by atoms with Crippen molar-refractivity contribution in [1.82, 2.24) is 20.4 Å². The van der Waals surface area contributed by atoms with E-state index in [1.807, 2.05) is 0 Å². The van der Waals surface area contributed by atoms with Gasteiger partial charge in [0.15, 0.2) is 0 Å². The van der Waals surface area contributed by atoms with Crippen molar-refractivity contribution in [1.29, 1.82) is 0 Å². The summed E-state index contributed by atoms with van der Waals surface area (Å²) >= 11 is 0. The molecule has 0 aliphatic carbocycles. The summed E-state index contributed by atoms with van der Waals surface area (Å²) in [5.74, 6) is 0.803. The molecule has 0 aromatic carbocycles. The second-order valence-electron chi connectivity index (χ2n) is 6.29. The first kappa shape index (κ1) is 18.4. The molecule has 1 amide bonds. The number of rotatable bonds is 8. The molecule has 124 valence electrons. The third-order valence-corrected chi connectivity index (χ3v) is 4.56. The van der Waals surface area contributed by atoms with Crippen LogP contribution in [0, 0.1) is 5.92 Å². The predicted octanol–water partition coefficient (Wildman–Crippen LogP) is 0.764. The highest BCUT2D eigenvalue weighted by Gasteiger charge is 2.21. The Morgan fingerprint density at radius 3 is 2.57 bits per heavy atom. The molecule has 5 nitrogen and oxygen atoms in total. The van der Waals surface area contributed by atoms with E-state index in [-0.39, 0.29) is 5.91 Å². The van der Waals surface area contributed by atoms with Crippen molar-refractivity contribution >= 4 is 5.91 Å². The number of carbonyl (C=O) groups is 1. The maximum Gasteiger partial charge on any atom is 0.234 e. The third-order valence-electron chi connectivity index (χ3n) is 4.56. The van der Waals surface area contributed by atoms with Crippen LogP contribution in [0.5, 0.6) is 0 Å². The van der Waals surface area contributed by atoms with E-state index in [9.17, 15) is 4.79 Å². The molecule has 1 aliphatic rings. The van der Waals surface area contributed by atoms with Crippen molar-refractivity contribution in [2.75, 3.05) is 53.4 Å². The molecule has 0 radical (unpaired) electrons. The zero-order chi connectivity index (χ0) is 15.7. The lowest BCUT2D eigenvalue weighted by Gasteiger charge is -2.31. The van der Waals surface area contributed by atoms with E-state index < -0.39 is 0 Å². The van der Waals surface area contributed by atoms with Gasteiger partial charge in [-0.15, -0.1) is 0 Å². The van der Waals surface area contributed by atoms with Gasteiger partial charge in [-0.1, -0.05) is 26.7 Å². The zero-order valence-corrected chi connectivity index (χ0v) is 14.3. The number of nitrogens with one attached hydrogen (secondary N) is 2. The van der Waals surface area contributed by atoms with Gasteiger partial charge >= 0.3 is 0 Å². The van der Waals surface area contributed by atoms with Gasteiger partial charge in [0.25, 0.3) is 0 Å². The molecule has 5 heteroatoms. The van der Waals surface area contributed by atoms with Crippen LogP contribution in [0.3, 0.4) is 0 Å². The van der Waals surface area contributed by atoms with Gasteiger partial charge in [-0.25, -0.2) is 0 Å². The molecule has 1 unspecified atom stereocenters. The van der Waals surface area contributed by atoms with Crippen molar-refractivity contribution in [3.63, 3.8) is 0 Å². The largest absolute Gasteiger partial charge is 0.353 e. The van der Waals surface area contributed by atoms with Gasteiger partial charge in [-0.05, 0) is 39.5 Å². The van der Waals surface area contributed by atoms with Crippen LogP contribution in [0.15, 0.2) is 0 Å². The number of hydrogen-bond donors (Lipinski definition) is 2. The summed E-state index contributed by atoms with van der Waals surface area (Å²) in [5.41, 5.74) is 0. The summed E-state index contributed by atoms with van der Waals surface area (Å²) in [6.45, 7) is 9.79. The number of amides is 1. The molecule has 1 saturated heterocycles. The maximum atomic E-state index is 12.2. The number of nitrogens with zero attached hydrogens (tertiary/aromatic N) is 2. The summed E-state index contributed by atoms with van der Waals surface area (Å²) in [6.07, 6.45) is 3.45. The van der Waals surface area contributed by atoms with Crippen LogP contribution in [0.1, 0.15) is 33.1 Å². The van der Waals surface area contributed by atoms with Gasteiger partial charge in [-0.2, -0.15) is 0 Å². The fourth-order valence-electron chi connectivity index (χ4n) is 3.14. The van der Waals surface area contributed by atoms with Crippen LogP contribution >= 0.6 is 0 Å². The lowest BCUT2D eigenvalue weighted by atomic mass is 9.93. The average Bonchev–Trinajstić information content (AvgIpc) is 2.71. The second kappa shape index (κ2) is 10.1. The zero-order valence-electron chi connectivity index (χ0n) is 14.3. The van der Waals surface area contributed by atoms with Crippen molar-refractivity contribution in [2.24, 2.45) is 5.92 Å². The second-order valence-corrected chi connectivity index (χ2v) is 6.29. The molecular formula is C16H34N4O. The topological polar surface area (TPSA) is 47.6 Å². The smallest absolute Gasteiger partial charge is 0.234 e. The van der Waals surface area contributed by atoms with Gasteiger partial charge < -0.3 is 15.5 Å². The molecule has 1 rings (SSSR count). The quantitative estimate of drug-likeness (QED) is 0.695. The van der Waals surface area contributed by atoms with E-state index >= 15 is 0 Å². The predicted molar refractivity (Wildman–Crippen MR) is 88.5 cm³/mol. The first-order valence-electron chi connectivity index (χ1n) is 8.44. The van der Waals surface area contributed by atoms with E-state index in [4.69, 9.17) is 0 Å². The van der Waals surface area contributed by atoms with Crippen molar-refractivity contribution < 1.29 is 4.79 Å². The summed E-state index contributed by atoms with van der Waals surface area (Å²) in [7, 11) is 4.21. The minimum absolute atomic E-state index is 0.162. The molecule has 0 spiro atoms. The van der Waals surface area contributed by atoms with Crippen molar-refractivity contribution in [2.45, 2.75) is 39.2 Å². The SMILES string of the molecule is CCC(CC)C(CNC(=O)CN1CCCNCC1)N(C)C. The average molecular weight is 298 g/mol. The fraction of sp³-hybridized carbons (Fsp3) is 0.938. The fourth-order valence-corrected chi connectivity index (χ4v) is 3.14. The van der Waals surface area contributed by atoms with Gasteiger partial charge in [0.1, 0.15) is 0 Å². The van der Waals surface area contributed by atoms with E-state index in [0.717, 1.165) is 52.0 Å². The van der Waals surface area contributed by atoms with Crippen LogP contribution in [-0.2, 0) is 4.79 Å². The Kier molecular flexibility index (Phi) is 8.88. The Morgan fingerprint density at radius 1 is 1.24 bits per heavy atom. The first-order valence-corrected chi connectivity index (χ1v) is 8.44. The first-order chi connectivity index (χ1) is 10.1.